The Bertz CT molecular complexity index is 1050. The van der Waals surface area contributed by atoms with Crippen LogP contribution in [-0.4, -0.2) is 28.4 Å². The smallest absolute Gasteiger partial charge is 0.306 e. The van der Waals surface area contributed by atoms with Gasteiger partial charge in [0.2, 0.25) is 0 Å². The second kappa shape index (κ2) is 8.51. The molecule has 0 aliphatic carbocycles. The number of hydrogen-bond donors (Lipinski definition) is 0. The molecule has 0 radical (unpaired) electrons. The van der Waals surface area contributed by atoms with E-state index >= 15 is 0 Å². The summed E-state index contributed by atoms with van der Waals surface area (Å²) in [5.41, 5.74) is 2.50. The van der Waals surface area contributed by atoms with Crippen LogP contribution < -0.4 is 8.37 Å². The fourth-order valence-electron chi connectivity index (χ4n) is 2.77. The van der Waals surface area contributed by atoms with Gasteiger partial charge in [-0.25, -0.2) is 4.21 Å². The van der Waals surface area contributed by atoms with Crippen LogP contribution in [0.2, 0.25) is 0 Å². The third-order valence-corrected chi connectivity index (χ3v) is 4.65. The Morgan fingerprint density at radius 3 is 1.96 bits per heavy atom. The van der Waals surface area contributed by atoms with Crippen molar-refractivity contribution < 1.29 is 25.5 Å². The molecule has 0 aliphatic rings. The first-order valence-corrected chi connectivity index (χ1v) is 10.9. The fraction of sp³-hybridized carbons (Fsp3) is 0.105. The van der Waals surface area contributed by atoms with Gasteiger partial charge < -0.3 is 12.9 Å². The van der Waals surface area contributed by atoms with Gasteiger partial charge in [0.25, 0.3) is 0 Å². The van der Waals surface area contributed by atoms with Gasteiger partial charge in [0.15, 0.2) is 0 Å². The molecule has 0 fully saturated rings. The van der Waals surface area contributed by atoms with Gasteiger partial charge in [0.1, 0.15) is 22.9 Å². The van der Waals surface area contributed by atoms with E-state index in [1.54, 1.807) is 54.7 Å². The van der Waals surface area contributed by atoms with Gasteiger partial charge in [0.05, 0.1) is 17.9 Å². The predicted octanol–water partition coefficient (Wildman–Crippen LogP) is 2.77. The highest BCUT2D eigenvalue weighted by atomic mass is 32.2. The molecule has 0 saturated carbocycles. The molecule has 0 saturated heterocycles. The largest absolute Gasteiger partial charge is 0.740 e. The Balaban J connectivity index is 1.97. The molecule has 28 heavy (non-hydrogen) atoms. The van der Waals surface area contributed by atoms with E-state index in [2.05, 4.69) is 9.17 Å². The number of nitrogens with zero attached hydrogens (tertiary/aromatic N) is 1. The van der Waals surface area contributed by atoms with Gasteiger partial charge in [-0.15, -0.1) is 0 Å². The van der Waals surface area contributed by atoms with Crippen LogP contribution in [0, 0.1) is 0 Å². The Labute approximate surface area is 165 Å². The second-order valence-electron chi connectivity index (χ2n) is 5.90. The summed E-state index contributed by atoms with van der Waals surface area (Å²) in [7, 11) is -3.61. The molecule has 7 nitrogen and oxygen atoms in total. The Hall–Kier alpha value is -2.75. The van der Waals surface area contributed by atoms with Crippen molar-refractivity contribution in [3.8, 4) is 11.5 Å². The molecule has 146 valence electrons. The van der Waals surface area contributed by atoms with E-state index in [0.717, 1.165) is 23.1 Å². The van der Waals surface area contributed by atoms with Crippen molar-refractivity contribution in [3.63, 3.8) is 0 Å². The molecule has 0 spiro atoms. The summed E-state index contributed by atoms with van der Waals surface area (Å²) in [6, 6.07) is 18.8. The number of benzene rings is 2. The third-order valence-electron chi connectivity index (χ3n) is 3.82. The molecule has 2 aromatic carbocycles. The van der Waals surface area contributed by atoms with E-state index in [1.165, 1.54) is 0 Å². The Kier molecular flexibility index (Phi) is 6.08. The number of rotatable bonds is 7. The topological polar surface area (TPSA) is 106 Å². The van der Waals surface area contributed by atoms with Crippen LogP contribution >= 0.6 is 0 Å². The monoisotopic (exact) mass is 418 g/mol. The van der Waals surface area contributed by atoms with Crippen LogP contribution in [0.15, 0.2) is 72.9 Å². The van der Waals surface area contributed by atoms with Crippen molar-refractivity contribution in [2.45, 2.75) is 5.92 Å². The average molecular weight is 418 g/mol. The lowest BCUT2D eigenvalue weighted by Crippen LogP contribution is -2.07. The van der Waals surface area contributed by atoms with Gasteiger partial charge in [-0.05, 0) is 47.5 Å². The van der Waals surface area contributed by atoms with Gasteiger partial charge in [0, 0.05) is 6.20 Å². The standard InChI is InChI=1S/C19H17NO6S2/c1-28(23,24)26-17-11-7-15(8-12-17)19(18-4-2-3-13-20-18)14-5-9-16(10-6-14)25-27(21)22/h2-13,19H,1H3,(H,21,22)/p-1. The highest BCUT2D eigenvalue weighted by Crippen LogP contribution is 2.32. The number of aromatic nitrogens is 1. The zero-order valence-electron chi connectivity index (χ0n) is 14.7. The minimum atomic E-state index is -3.61. The lowest BCUT2D eigenvalue weighted by molar-refractivity contribution is 0.440. The molecule has 0 aliphatic heterocycles. The van der Waals surface area contributed by atoms with Crippen LogP contribution in [0.1, 0.15) is 22.7 Å². The van der Waals surface area contributed by atoms with Gasteiger partial charge >= 0.3 is 10.1 Å². The zero-order chi connectivity index (χ0) is 20.1. The van der Waals surface area contributed by atoms with E-state index in [0.29, 0.717) is 0 Å². The lowest BCUT2D eigenvalue weighted by Gasteiger charge is -2.18. The van der Waals surface area contributed by atoms with Crippen molar-refractivity contribution in [2.75, 3.05) is 6.26 Å². The third kappa shape index (κ3) is 5.38. The number of hydrogen-bond acceptors (Lipinski definition) is 7. The predicted molar refractivity (Wildman–Crippen MR) is 103 cm³/mol. The first-order valence-electron chi connectivity index (χ1n) is 8.10. The molecule has 2 unspecified atom stereocenters. The highest BCUT2D eigenvalue weighted by molar-refractivity contribution is 7.86. The molecule has 0 N–H and O–H groups in total. The highest BCUT2D eigenvalue weighted by Gasteiger charge is 2.18. The second-order valence-corrected chi connectivity index (χ2v) is 8.05. The van der Waals surface area contributed by atoms with E-state index < -0.39 is 21.5 Å². The molecule has 3 rings (SSSR count). The summed E-state index contributed by atoms with van der Waals surface area (Å²) in [5.74, 6) is 0.168. The molecular formula is C19H16NO6S2-. The number of pyridine rings is 1. The van der Waals surface area contributed by atoms with Crippen LogP contribution in [0.4, 0.5) is 0 Å². The minimum Gasteiger partial charge on any atom is -0.740 e. The first kappa shape index (κ1) is 20.0. The van der Waals surface area contributed by atoms with Gasteiger partial charge in [-0.2, -0.15) is 8.42 Å². The molecule has 2 atom stereocenters. The molecule has 0 bridgehead atoms. The maximum atomic E-state index is 11.3. The summed E-state index contributed by atoms with van der Waals surface area (Å²) in [5, 5.41) is 0. The van der Waals surface area contributed by atoms with Gasteiger partial charge in [-0.3, -0.25) is 4.98 Å². The van der Waals surface area contributed by atoms with E-state index in [1.807, 2.05) is 18.2 Å². The van der Waals surface area contributed by atoms with Crippen LogP contribution in [0.25, 0.3) is 0 Å². The Morgan fingerprint density at radius 2 is 1.50 bits per heavy atom. The summed E-state index contributed by atoms with van der Waals surface area (Å²) >= 11 is -2.64. The lowest BCUT2D eigenvalue weighted by atomic mass is 9.88. The van der Waals surface area contributed by atoms with Crippen molar-refractivity contribution in [3.05, 3.63) is 89.7 Å². The molecule has 0 amide bonds. The fourth-order valence-corrected chi connectivity index (χ4v) is 3.49. The molecule has 3 aromatic rings. The quantitative estimate of drug-likeness (QED) is 0.429. The van der Waals surface area contributed by atoms with E-state index in [-0.39, 0.29) is 17.4 Å². The van der Waals surface area contributed by atoms with Crippen molar-refractivity contribution in [1.29, 1.82) is 0 Å². The summed E-state index contributed by atoms with van der Waals surface area (Å²) in [6.45, 7) is 0. The molecule has 9 heteroatoms. The molecular weight excluding hydrogens is 402 g/mol. The maximum Gasteiger partial charge on any atom is 0.306 e. The molecule has 1 heterocycles. The average Bonchev–Trinajstić information content (AvgIpc) is 2.64. The maximum absolute atomic E-state index is 11.3. The SMILES string of the molecule is CS(=O)(=O)Oc1ccc(C(c2ccc(OS(=O)[O-])cc2)c2ccccn2)cc1. The summed E-state index contributed by atoms with van der Waals surface area (Å²) < 4.78 is 53.4. The van der Waals surface area contributed by atoms with Crippen LogP contribution in [0.3, 0.4) is 0 Å². The first-order chi connectivity index (χ1) is 13.3. The Morgan fingerprint density at radius 1 is 0.929 bits per heavy atom. The normalized spacial score (nSPS) is 13.5. The van der Waals surface area contributed by atoms with Crippen molar-refractivity contribution in [1.82, 2.24) is 4.98 Å². The summed E-state index contributed by atoms with van der Waals surface area (Å²) in [4.78, 5) is 4.43. The van der Waals surface area contributed by atoms with Crippen LogP contribution in [0.5, 0.6) is 11.5 Å². The minimum absolute atomic E-state index is 0.203. The van der Waals surface area contributed by atoms with E-state index in [4.69, 9.17) is 4.18 Å². The van der Waals surface area contributed by atoms with Crippen molar-refractivity contribution >= 4 is 21.5 Å². The zero-order valence-corrected chi connectivity index (χ0v) is 16.4. The van der Waals surface area contributed by atoms with Gasteiger partial charge in [-0.1, -0.05) is 30.3 Å². The van der Waals surface area contributed by atoms with E-state index in [9.17, 15) is 17.2 Å². The van der Waals surface area contributed by atoms with Crippen molar-refractivity contribution in [2.24, 2.45) is 0 Å². The van der Waals surface area contributed by atoms with Crippen LogP contribution in [-0.2, 0) is 21.5 Å². The summed E-state index contributed by atoms with van der Waals surface area (Å²) in [6.07, 6.45) is 2.66. The molecule has 1 aromatic heterocycles.